The van der Waals surface area contributed by atoms with E-state index in [-0.39, 0.29) is 41.8 Å². The molecule has 0 bridgehead atoms. The second-order valence-corrected chi connectivity index (χ2v) is 5.25. The van der Waals surface area contributed by atoms with Gasteiger partial charge in [0.1, 0.15) is 5.78 Å². The minimum Gasteiger partial charge on any atom is -0.299 e. The van der Waals surface area contributed by atoms with Crippen LogP contribution in [0.25, 0.3) is 0 Å². The Morgan fingerprint density at radius 1 is 1.00 bits per heavy atom. The Labute approximate surface area is 109 Å². The van der Waals surface area contributed by atoms with Crippen molar-refractivity contribution in [1.82, 2.24) is 10.4 Å². The number of nitrogens with one attached hydrogen (secondary N) is 1. The maximum atomic E-state index is 11.8. The zero-order chi connectivity index (χ0) is 14.5. The molecule has 0 aromatic carbocycles. The highest BCUT2D eigenvalue weighted by Crippen LogP contribution is 2.11. The summed E-state index contributed by atoms with van der Waals surface area (Å²) < 4.78 is 0. The standard InChI is InChI=1S/C13H24N2O3/c1-8(2)12(17)10(5)7-11(16)15(6)14-13(18)9(3)4/h8-10H,7H2,1-6H3,(H,14,18)/t10-/m1/s1. The number of Topliss-reactive ketones (excluding diaryl/α,β-unsaturated/α-hetero) is 1. The average molecular weight is 256 g/mol. The molecule has 0 fully saturated rings. The summed E-state index contributed by atoms with van der Waals surface area (Å²) in [5.41, 5.74) is 2.49. The molecule has 0 saturated carbocycles. The van der Waals surface area contributed by atoms with E-state index in [1.807, 2.05) is 13.8 Å². The molecular formula is C13H24N2O3. The fourth-order valence-corrected chi connectivity index (χ4v) is 1.43. The van der Waals surface area contributed by atoms with Crippen LogP contribution in [0.15, 0.2) is 0 Å². The Balaban J connectivity index is 4.32. The van der Waals surface area contributed by atoms with Gasteiger partial charge in [0.25, 0.3) is 0 Å². The molecule has 18 heavy (non-hydrogen) atoms. The first kappa shape index (κ1) is 16.6. The van der Waals surface area contributed by atoms with Crippen LogP contribution < -0.4 is 5.43 Å². The van der Waals surface area contributed by atoms with E-state index in [4.69, 9.17) is 0 Å². The third-order valence-corrected chi connectivity index (χ3v) is 2.71. The van der Waals surface area contributed by atoms with E-state index >= 15 is 0 Å². The van der Waals surface area contributed by atoms with Crippen molar-refractivity contribution in [3.05, 3.63) is 0 Å². The average Bonchev–Trinajstić information content (AvgIpc) is 2.26. The number of carbonyl (C=O) groups excluding carboxylic acids is 3. The summed E-state index contributed by atoms with van der Waals surface area (Å²) in [7, 11) is 1.50. The third-order valence-electron chi connectivity index (χ3n) is 2.71. The summed E-state index contributed by atoms with van der Waals surface area (Å²) in [5.74, 6) is -1.000. The molecule has 0 aliphatic rings. The summed E-state index contributed by atoms with van der Waals surface area (Å²) in [5, 5.41) is 1.16. The number of hydrogen-bond acceptors (Lipinski definition) is 3. The van der Waals surface area contributed by atoms with Gasteiger partial charge in [0.05, 0.1) is 0 Å². The second kappa shape index (κ2) is 7.13. The number of rotatable bonds is 5. The maximum absolute atomic E-state index is 11.8. The quantitative estimate of drug-likeness (QED) is 0.756. The van der Waals surface area contributed by atoms with Gasteiger partial charge in [-0.2, -0.15) is 0 Å². The topological polar surface area (TPSA) is 66.5 Å². The predicted molar refractivity (Wildman–Crippen MR) is 69.4 cm³/mol. The molecule has 5 nitrogen and oxygen atoms in total. The third kappa shape index (κ3) is 5.29. The lowest BCUT2D eigenvalue weighted by molar-refractivity contribution is -0.143. The molecule has 0 radical (unpaired) electrons. The van der Waals surface area contributed by atoms with Crippen LogP contribution in [0.3, 0.4) is 0 Å². The van der Waals surface area contributed by atoms with Gasteiger partial charge in [-0.25, -0.2) is 0 Å². The van der Waals surface area contributed by atoms with Crippen LogP contribution in [0.5, 0.6) is 0 Å². The van der Waals surface area contributed by atoms with Crippen LogP contribution in [-0.4, -0.2) is 29.7 Å². The van der Waals surface area contributed by atoms with E-state index in [1.165, 1.54) is 7.05 Å². The first-order valence-electron chi connectivity index (χ1n) is 6.27. The molecule has 0 aliphatic carbocycles. The molecule has 0 unspecified atom stereocenters. The van der Waals surface area contributed by atoms with Crippen molar-refractivity contribution in [2.75, 3.05) is 7.05 Å². The molecule has 0 aromatic heterocycles. The molecule has 5 heteroatoms. The number of hydrazine groups is 1. The molecular weight excluding hydrogens is 232 g/mol. The number of ketones is 1. The summed E-state index contributed by atoms with van der Waals surface area (Å²) in [4.78, 5) is 34.9. The monoisotopic (exact) mass is 256 g/mol. The Kier molecular flexibility index (Phi) is 6.58. The first-order valence-corrected chi connectivity index (χ1v) is 6.27. The normalized spacial score (nSPS) is 12.4. The highest BCUT2D eigenvalue weighted by atomic mass is 16.2. The van der Waals surface area contributed by atoms with E-state index in [0.29, 0.717) is 0 Å². The van der Waals surface area contributed by atoms with Crippen LogP contribution in [0.2, 0.25) is 0 Å². The van der Waals surface area contributed by atoms with E-state index < -0.39 is 0 Å². The highest BCUT2D eigenvalue weighted by Gasteiger charge is 2.22. The number of nitrogens with zero attached hydrogens (tertiary/aromatic N) is 1. The number of carbonyl (C=O) groups is 3. The van der Waals surface area contributed by atoms with Gasteiger partial charge in [-0.3, -0.25) is 24.8 Å². The van der Waals surface area contributed by atoms with Crippen molar-refractivity contribution in [2.24, 2.45) is 17.8 Å². The largest absolute Gasteiger partial charge is 0.299 e. The lowest BCUT2D eigenvalue weighted by Gasteiger charge is -2.21. The van der Waals surface area contributed by atoms with E-state index in [2.05, 4.69) is 5.43 Å². The maximum Gasteiger partial charge on any atom is 0.241 e. The smallest absolute Gasteiger partial charge is 0.241 e. The van der Waals surface area contributed by atoms with Crippen molar-refractivity contribution in [2.45, 2.75) is 41.0 Å². The summed E-state index contributed by atoms with van der Waals surface area (Å²) in [6, 6.07) is 0. The highest BCUT2D eigenvalue weighted by molar-refractivity contribution is 5.88. The summed E-state index contributed by atoms with van der Waals surface area (Å²) in [6.45, 7) is 8.86. The Bertz CT molecular complexity index is 324. The van der Waals surface area contributed by atoms with Crippen molar-refractivity contribution >= 4 is 17.6 Å². The fraction of sp³-hybridized carbons (Fsp3) is 0.769. The predicted octanol–water partition coefficient (Wildman–Crippen LogP) is 1.38. The Morgan fingerprint density at radius 2 is 1.50 bits per heavy atom. The molecule has 1 N–H and O–H groups in total. The van der Waals surface area contributed by atoms with Crippen molar-refractivity contribution in [3.8, 4) is 0 Å². The second-order valence-electron chi connectivity index (χ2n) is 5.25. The van der Waals surface area contributed by atoms with Gasteiger partial charge in [0.15, 0.2) is 0 Å². The van der Waals surface area contributed by atoms with Crippen LogP contribution in [0, 0.1) is 17.8 Å². The molecule has 0 rings (SSSR count). The SMILES string of the molecule is CC(C)C(=O)NN(C)C(=O)C[C@@H](C)C(=O)C(C)C. The number of hydrogen-bond donors (Lipinski definition) is 1. The van der Waals surface area contributed by atoms with Crippen LogP contribution in [0.1, 0.15) is 41.0 Å². The molecule has 0 aromatic rings. The van der Waals surface area contributed by atoms with Crippen LogP contribution >= 0.6 is 0 Å². The van der Waals surface area contributed by atoms with Gasteiger partial charge in [-0.15, -0.1) is 0 Å². The molecule has 0 spiro atoms. The lowest BCUT2D eigenvalue weighted by Crippen LogP contribution is -2.45. The molecule has 1 atom stereocenters. The molecule has 0 heterocycles. The lowest BCUT2D eigenvalue weighted by atomic mass is 9.94. The Hall–Kier alpha value is -1.39. The van der Waals surface area contributed by atoms with Crippen molar-refractivity contribution in [3.63, 3.8) is 0 Å². The fourth-order valence-electron chi connectivity index (χ4n) is 1.43. The molecule has 104 valence electrons. The summed E-state index contributed by atoms with van der Waals surface area (Å²) in [6.07, 6.45) is 0.117. The van der Waals surface area contributed by atoms with E-state index in [0.717, 1.165) is 5.01 Å². The van der Waals surface area contributed by atoms with E-state index in [1.54, 1.807) is 20.8 Å². The van der Waals surface area contributed by atoms with Crippen molar-refractivity contribution < 1.29 is 14.4 Å². The van der Waals surface area contributed by atoms with Gasteiger partial charge in [0.2, 0.25) is 11.8 Å². The van der Waals surface area contributed by atoms with Gasteiger partial charge < -0.3 is 0 Å². The van der Waals surface area contributed by atoms with Gasteiger partial charge in [-0.05, 0) is 0 Å². The van der Waals surface area contributed by atoms with Crippen LogP contribution in [-0.2, 0) is 14.4 Å². The minimum atomic E-state index is -0.323. The number of amides is 2. The van der Waals surface area contributed by atoms with Gasteiger partial charge in [0, 0.05) is 31.2 Å². The summed E-state index contributed by atoms with van der Waals surface area (Å²) >= 11 is 0. The Morgan fingerprint density at radius 3 is 1.89 bits per heavy atom. The minimum absolute atomic E-state index is 0.0620. The molecule has 2 amide bonds. The molecule has 0 aliphatic heterocycles. The van der Waals surface area contributed by atoms with Crippen molar-refractivity contribution in [1.29, 1.82) is 0 Å². The van der Waals surface area contributed by atoms with Crippen LogP contribution in [0.4, 0.5) is 0 Å². The van der Waals surface area contributed by atoms with Gasteiger partial charge in [-0.1, -0.05) is 34.6 Å². The van der Waals surface area contributed by atoms with E-state index in [9.17, 15) is 14.4 Å². The zero-order valence-electron chi connectivity index (χ0n) is 12.1. The zero-order valence-corrected chi connectivity index (χ0v) is 12.1. The molecule has 0 saturated heterocycles. The van der Waals surface area contributed by atoms with Gasteiger partial charge >= 0.3 is 0 Å². The first-order chi connectivity index (χ1) is 8.16.